The minimum atomic E-state index is -2.37. The first-order valence-electron chi connectivity index (χ1n) is 12.2. The van der Waals surface area contributed by atoms with Gasteiger partial charge >= 0.3 is 11.9 Å². The Kier molecular flexibility index (Phi) is 8.59. The van der Waals surface area contributed by atoms with Gasteiger partial charge in [-0.2, -0.15) is 0 Å². The third-order valence-electron chi connectivity index (χ3n) is 5.69. The van der Waals surface area contributed by atoms with Crippen molar-refractivity contribution in [3.8, 4) is 0 Å². The molecule has 6 nitrogen and oxygen atoms in total. The van der Waals surface area contributed by atoms with Crippen molar-refractivity contribution in [2.24, 2.45) is 5.92 Å². The molecular formula is C28H41NO5Si. The quantitative estimate of drug-likeness (QED) is 0.436. The van der Waals surface area contributed by atoms with E-state index in [9.17, 15) is 14.4 Å². The third kappa shape index (κ3) is 7.92. The van der Waals surface area contributed by atoms with E-state index in [0.29, 0.717) is 0 Å². The van der Waals surface area contributed by atoms with Gasteiger partial charge in [0.15, 0.2) is 0 Å². The van der Waals surface area contributed by atoms with Gasteiger partial charge in [0.1, 0.15) is 11.2 Å². The molecule has 0 heterocycles. The zero-order valence-electron chi connectivity index (χ0n) is 22.9. The van der Waals surface area contributed by atoms with Crippen LogP contribution in [0.5, 0.6) is 0 Å². The number of esters is 2. The lowest BCUT2D eigenvalue weighted by molar-refractivity contribution is -0.154. The summed E-state index contributed by atoms with van der Waals surface area (Å²) in [6, 6.07) is 10.4. The predicted molar refractivity (Wildman–Crippen MR) is 141 cm³/mol. The smallest absolute Gasteiger partial charge is 0.339 e. The lowest BCUT2D eigenvalue weighted by atomic mass is 9.84. The topological polar surface area (TPSA) is 81.7 Å². The van der Waals surface area contributed by atoms with Crippen LogP contribution >= 0.6 is 0 Å². The van der Waals surface area contributed by atoms with E-state index in [0.717, 1.165) is 16.8 Å². The standard InChI is InChI=1S/C28H41NO5Si/c1-18-21(29-19(2)30)16-22(35(9,10)17-20-14-12-11-13-15-20)24(26(32)34-28(6,7)8)23(18)25(31)33-27(3,4)5/h11-16,18,21H,17H2,1-10H3,(H,29,30)/t18-,21-/m0/s1. The van der Waals surface area contributed by atoms with Crippen molar-refractivity contribution in [3.05, 3.63) is 58.3 Å². The van der Waals surface area contributed by atoms with Crippen LogP contribution in [0.1, 0.15) is 61.0 Å². The highest BCUT2D eigenvalue weighted by molar-refractivity contribution is 6.85. The number of hydrogen-bond donors (Lipinski definition) is 1. The lowest BCUT2D eigenvalue weighted by Crippen LogP contribution is -2.47. The van der Waals surface area contributed by atoms with Gasteiger partial charge in [-0.05, 0) is 52.8 Å². The molecule has 1 amide bonds. The number of rotatable bonds is 6. The molecule has 1 aliphatic rings. The Balaban J connectivity index is 2.76. The van der Waals surface area contributed by atoms with E-state index in [-0.39, 0.29) is 17.1 Å². The molecule has 0 radical (unpaired) electrons. The van der Waals surface area contributed by atoms with Crippen molar-refractivity contribution in [1.29, 1.82) is 0 Å². The summed E-state index contributed by atoms with van der Waals surface area (Å²) >= 11 is 0. The zero-order chi connectivity index (χ0) is 26.8. The van der Waals surface area contributed by atoms with Gasteiger partial charge in [0.05, 0.1) is 25.3 Å². The van der Waals surface area contributed by atoms with Crippen molar-refractivity contribution >= 4 is 25.9 Å². The maximum Gasteiger partial charge on any atom is 0.339 e. The number of hydrogen-bond acceptors (Lipinski definition) is 5. The molecule has 0 aromatic heterocycles. The third-order valence-corrected chi connectivity index (χ3v) is 8.86. The van der Waals surface area contributed by atoms with Crippen LogP contribution in [0.2, 0.25) is 13.1 Å². The second-order valence-corrected chi connectivity index (χ2v) is 16.6. The van der Waals surface area contributed by atoms with Gasteiger partial charge < -0.3 is 14.8 Å². The zero-order valence-corrected chi connectivity index (χ0v) is 23.9. The fourth-order valence-corrected chi connectivity index (χ4v) is 7.29. The average Bonchev–Trinajstić information content (AvgIpc) is 2.66. The Morgan fingerprint density at radius 2 is 1.43 bits per heavy atom. The molecule has 1 N–H and O–H groups in total. The summed E-state index contributed by atoms with van der Waals surface area (Å²) in [5.74, 6) is -1.77. The Morgan fingerprint density at radius 1 is 0.914 bits per heavy atom. The fraction of sp³-hybridized carbons (Fsp3) is 0.536. The summed E-state index contributed by atoms with van der Waals surface area (Å²) in [6.45, 7) is 18.4. The lowest BCUT2D eigenvalue weighted by Gasteiger charge is -2.38. The van der Waals surface area contributed by atoms with Crippen LogP contribution in [0.15, 0.2) is 52.8 Å². The highest BCUT2D eigenvalue weighted by Crippen LogP contribution is 2.39. The molecule has 0 bridgehead atoms. The molecule has 1 aromatic rings. The average molecular weight is 500 g/mol. The first kappa shape index (κ1) is 28.6. The van der Waals surface area contributed by atoms with Gasteiger partial charge in [0, 0.05) is 12.8 Å². The highest BCUT2D eigenvalue weighted by atomic mass is 28.3. The molecule has 0 fully saturated rings. The van der Waals surface area contributed by atoms with Crippen LogP contribution in [0.4, 0.5) is 0 Å². The van der Waals surface area contributed by atoms with E-state index < -0.39 is 43.2 Å². The molecular weight excluding hydrogens is 458 g/mol. The summed E-state index contributed by atoms with van der Waals surface area (Å²) in [4.78, 5) is 39.3. The summed E-state index contributed by atoms with van der Waals surface area (Å²) in [5.41, 5.74) is 0.221. The second-order valence-electron chi connectivity index (χ2n) is 11.9. The van der Waals surface area contributed by atoms with Gasteiger partial charge in [0.25, 0.3) is 0 Å². The molecule has 0 aliphatic heterocycles. The van der Waals surface area contributed by atoms with Gasteiger partial charge in [-0.15, -0.1) is 0 Å². The van der Waals surface area contributed by atoms with Gasteiger partial charge in [0.2, 0.25) is 5.91 Å². The Labute approximate surface area is 211 Å². The second kappa shape index (κ2) is 10.5. The van der Waals surface area contributed by atoms with E-state index in [1.807, 2.05) is 31.2 Å². The molecule has 0 saturated heterocycles. The highest BCUT2D eigenvalue weighted by Gasteiger charge is 2.44. The molecule has 1 aromatic carbocycles. The van der Waals surface area contributed by atoms with E-state index in [4.69, 9.17) is 9.47 Å². The number of nitrogens with one attached hydrogen (secondary N) is 1. The van der Waals surface area contributed by atoms with Crippen LogP contribution in [-0.4, -0.2) is 43.2 Å². The molecule has 35 heavy (non-hydrogen) atoms. The van der Waals surface area contributed by atoms with Crippen molar-refractivity contribution in [2.45, 2.75) is 91.8 Å². The Bertz CT molecular complexity index is 1030. The molecule has 192 valence electrons. The summed E-state index contributed by atoms with van der Waals surface area (Å²) in [7, 11) is -2.37. The van der Waals surface area contributed by atoms with E-state index in [1.54, 1.807) is 41.5 Å². The minimum Gasteiger partial charge on any atom is -0.457 e. The maximum atomic E-state index is 13.7. The summed E-state index contributed by atoms with van der Waals surface area (Å²) in [5, 5.41) is 3.77. The molecule has 7 heteroatoms. The fourth-order valence-electron chi connectivity index (χ4n) is 4.30. The van der Waals surface area contributed by atoms with Crippen molar-refractivity contribution in [1.82, 2.24) is 5.32 Å². The molecule has 0 unspecified atom stereocenters. The van der Waals surface area contributed by atoms with E-state index in [2.05, 4.69) is 30.5 Å². The monoisotopic (exact) mass is 499 g/mol. The number of benzene rings is 1. The molecule has 1 aliphatic carbocycles. The molecule has 2 atom stereocenters. The SMILES string of the molecule is CC(=O)N[C@H]1C=C([Si](C)(C)Cc2ccccc2)C(C(=O)OC(C)(C)C)=C(C(=O)OC(C)(C)C)[C@H]1C. The summed E-state index contributed by atoms with van der Waals surface area (Å²) < 4.78 is 11.6. The first-order valence-corrected chi connectivity index (χ1v) is 15.4. The molecule has 2 rings (SSSR count). The van der Waals surface area contributed by atoms with Gasteiger partial charge in [-0.25, -0.2) is 9.59 Å². The minimum absolute atomic E-state index is 0.204. The number of amides is 1. The first-order chi connectivity index (χ1) is 15.9. The van der Waals surface area contributed by atoms with Crippen molar-refractivity contribution in [3.63, 3.8) is 0 Å². The van der Waals surface area contributed by atoms with Crippen LogP contribution in [0.3, 0.4) is 0 Å². The molecule has 0 saturated carbocycles. The van der Waals surface area contributed by atoms with Crippen LogP contribution in [0.25, 0.3) is 0 Å². The Hall–Kier alpha value is -2.67. The van der Waals surface area contributed by atoms with E-state index >= 15 is 0 Å². The van der Waals surface area contributed by atoms with Gasteiger partial charge in [-0.1, -0.05) is 62.0 Å². The number of ether oxygens (including phenoxy) is 2. The largest absolute Gasteiger partial charge is 0.457 e. The number of carbonyl (C=O) groups excluding carboxylic acids is 3. The van der Waals surface area contributed by atoms with Gasteiger partial charge in [-0.3, -0.25) is 4.79 Å². The van der Waals surface area contributed by atoms with Crippen LogP contribution in [-0.2, 0) is 29.9 Å². The normalized spacial score (nSPS) is 19.1. The number of carbonyl (C=O) groups is 3. The van der Waals surface area contributed by atoms with Crippen molar-refractivity contribution < 1.29 is 23.9 Å². The Morgan fingerprint density at radius 3 is 1.91 bits per heavy atom. The molecule has 0 spiro atoms. The maximum absolute atomic E-state index is 13.7. The van der Waals surface area contributed by atoms with Crippen molar-refractivity contribution in [2.75, 3.05) is 0 Å². The van der Waals surface area contributed by atoms with E-state index in [1.165, 1.54) is 6.92 Å². The summed E-state index contributed by atoms with van der Waals surface area (Å²) in [6.07, 6.45) is 1.97. The van der Waals surface area contributed by atoms with Crippen LogP contribution < -0.4 is 5.32 Å². The van der Waals surface area contributed by atoms with Crippen LogP contribution in [0, 0.1) is 5.92 Å². The predicted octanol–water partition coefficient (Wildman–Crippen LogP) is 5.08.